The third-order valence-electron chi connectivity index (χ3n) is 11.7. The minimum atomic E-state index is 0.0340. The van der Waals surface area contributed by atoms with Crippen molar-refractivity contribution in [1.29, 1.82) is 0 Å². The molecular formula is C51H40N2. The highest BCUT2D eigenvalue weighted by atomic mass is 15.1. The number of para-hydroxylation sites is 2. The average molecular weight is 681 g/mol. The van der Waals surface area contributed by atoms with E-state index in [2.05, 4.69) is 217 Å². The van der Waals surface area contributed by atoms with Gasteiger partial charge in [-0.1, -0.05) is 147 Å². The topological polar surface area (TPSA) is 8.17 Å². The molecule has 0 radical (unpaired) electrons. The van der Waals surface area contributed by atoms with Crippen molar-refractivity contribution in [3.05, 3.63) is 211 Å². The maximum Gasteiger partial charge on any atom is 0.0541 e. The summed E-state index contributed by atoms with van der Waals surface area (Å²) in [5.74, 6) is 0.757. The van der Waals surface area contributed by atoms with Crippen LogP contribution >= 0.6 is 0 Å². The number of hydrogen-bond acceptors (Lipinski definition) is 1. The minimum Gasteiger partial charge on any atom is -0.311 e. The van der Waals surface area contributed by atoms with Crippen LogP contribution in [0.2, 0.25) is 0 Å². The van der Waals surface area contributed by atoms with Crippen molar-refractivity contribution in [3.8, 4) is 27.9 Å². The number of allylic oxidation sites excluding steroid dienone is 3. The van der Waals surface area contributed by atoms with Crippen LogP contribution in [0.5, 0.6) is 0 Å². The summed E-state index contributed by atoms with van der Waals surface area (Å²) in [4.78, 5) is 2.43. The van der Waals surface area contributed by atoms with E-state index < -0.39 is 0 Å². The molecule has 2 heteroatoms. The second kappa shape index (κ2) is 12.4. The zero-order valence-electron chi connectivity index (χ0n) is 30.0. The first-order chi connectivity index (χ1) is 26.0. The third-order valence-corrected chi connectivity index (χ3v) is 11.7. The summed E-state index contributed by atoms with van der Waals surface area (Å²) in [6.07, 6.45) is 7.31. The fourth-order valence-corrected chi connectivity index (χ4v) is 9.01. The number of nitrogens with zero attached hydrogens (tertiary/aromatic N) is 2. The lowest BCUT2D eigenvalue weighted by molar-refractivity contribution is 0.392. The van der Waals surface area contributed by atoms with E-state index in [1.807, 2.05) is 0 Å². The second-order valence-electron chi connectivity index (χ2n) is 15.0. The Morgan fingerprint density at radius 2 is 1.08 bits per heavy atom. The molecule has 0 amide bonds. The average Bonchev–Trinajstić information content (AvgIpc) is 3.67. The molecule has 0 spiro atoms. The standard InChI is InChI=1S/C51H40N2/c1-51(2)47-19-11-9-17-43(47)44-31-30-42(34-48(44)51)52(40-26-21-36(22-27-40)35-13-5-3-6-14-35)41-28-23-37(24-29-41)38-25-32-50-46(33-38)45-18-10-12-20-49(45)53(50)39-15-7-4-8-16-39/h3-34,44,48H,1-2H3/t44?,48-/m1/s1. The molecule has 10 rings (SSSR count). The van der Waals surface area contributed by atoms with Crippen LogP contribution < -0.4 is 4.90 Å². The van der Waals surface area contributed by atoms with Gasteiger partial charge in [0.05, 0.1) is 11.0 Å². The molecule has 1 unspecified atom stereocenters. The first kappa shape index (κ1) is 31.4. The number of aromatic nitrogens is 1. The maximum absolute atomic E-state index is 2.53. The minimum absolute atomic E-state index is 0.0340. The fraction of sp³-hybridized carbons (Fsp3) is 0.0980. The summed E-state index contributed by atoms with van der Waals surface area (Å²) in [5.41, 5.74) is 14.9. The number of benzene rings is 7. The number of hydrogen-bond donors (Lipinski definition) is 0. The molecule has 8 aromatic rings. The molecule has 0 N–H and O–H groups in total. The first-order valence-electron chi connectivity index (χ1n) is 18.7. The van der Waals surface area contributed by atoms with E-state index in [-0.39, 0.29) is 5.41 Å². The van der Waals surface area contributed by atoms with Crippen molar-refractivity contribution in [1.82, 2.24) is 4.57 Å². The third kappa shape index (κ3) is 5.17. The second-order valence-corrected chi connectivity index (χ2v) is 15.0. The molecule has 2 atom stereocenters. The van der Waals surface area contributed by atoms with E-state index in [1.54, 1.807) is 0 Å². The lowest BCUT2D eigenvalue weighted by atomic mass is 9.74. The zero-order valence-corrected chi connectivity index (χ0v) is 30.0. The van der Waals surface area contributed by atoms with Gasteiger partial charge in [-0.15, -0.1) is 0 Å². The molecule has 53 heavy (non-hydrogen) atoms. The molecule has 7 aromatic carbocycles. The molecule has 1 aromatic heterocycles. The lowest BCUT2D eigenvalue weighted by Gasteiger charge is -2.34. The zero-order chi connectivity index (χ0) is 35.5. The first-order valence-corrected chi connectivity index (χ1v) is 18.7. The monoisotopic (exact) mass is 680 g/mol. The highest BCUT2D eigenvalue weighted by molar-refractivity contribution is 6.10. The van der Waals surface area contributed by atoms with Crippen LogP contribution in [0, 0.1) is 5.92 Å². The molecular weight excluding hydrogens is 641 g/mol. The van der Waals surface area contributed by atoms with Gasteiger partial charge in [0, 0.05) is 39.4 Å². The van der Waals surface area contributed by atoms with Gasteiger partial charge in [0.2, 0.25) is 0 Å². The molecule has 0 saturated carbocycles. The molecule has 2 aliphatic carbocycles. The van der Waals surface area contributed by atoms with Crippen LogP contribution in [-0.4, -0.2) is 4.57 Å². The SMILES string of the molecule is CC1(C)c2ccccc2C2C=CC(N(c3ccc(-c4ccccc4)cc3)c3ccc(-c4ccc5c(c4)c4ccccc4n5-c4ccccc4)cc3)=C[C@H]21. The molecule has 0 fully saturated rings. The van der Waals surface area contributed by atoms with Gasteiger partial charge in [0.15, 0.2) is 0 Å². The van der Waals surface area contributed by atoms with Crippen molar-refractivity contribution >= 4 is 33.2 Å². The molecule has 0 saturated heterocycles. The number of rotatable bonds is 6. The van der Waals surface area contributed by atoms with Crippen LogP contribution in [0.25, 0.3) is 49.7 Å². The Morgan fingerprint density at radius 3 is 1.81 bits per heavy atom. The number of anilines is 2. The molecule has 254 valence electrons. The van der Waals surface area contributed by atoms with Gasteiger partial charge >= 0.3 is 0 Å². The summed E-state index contributed by atoms with van der Waals surface area (Å²) in [6.45, 7) is 4.82. The van der Waals surface area contributed by atoms with Crippen LogP contribution in [0.15, 0.2) is 200 Å². The molecule has 0 aliphatic heterocycles. The van der Waals surface area contributed by atoms with Gasteiger partial charge in [0.1, 0.15) is 0 Å². The Morgan fingerprint density at radius 1 is 0.509 bits per heavy atom. The van der Waals surface area contributed by atoms with Gasteiger partial charge < -0.3 is 9.47 Å². The smallest absolute Gasteiger partial charge is 0.0541 e. The highest BCUT2D eigenvalue weighted by Gasteiger charge is 2.45. The van der Waals surface area contributed by atoms with Crippen LogP contribution in [0.3, 0.4) is 0 Å². The summed E-state index contributed by atoms with van der Waals surface area (Å²) in [6, 6.07) is 64.1. The summed E-state index contributed by atoms with van der Waals surface area (Å²) < 4.78 is 2.37. The summed E-state index contributed by atoms with van der Waals surface area (Å²) in [7, 11) is 0. The van der Waals surface area contributed by atoms with E-state index in [0.717, 1.165) is 11.4 Å². The van der Waals surface area contributed by atoms with Crippen LogP contribution in [0.1, 0.15) is 30.9 Å². The Hall–Kier alpha value is -6.38. The van der Waals surface area contributed by atoms with Crippen molar-refractivity contribution in [2.45, 2.75) is 25.2 Å². The Kier molecular flexibility index (Phi) is 7.33. The van der Waals surface area contributed by atoms with Gasteiger partial charge in [-0.2, -0.15) is 0 Å². The Balaban J connectivity index is 1.05. The quantitative estimate of drug-likeness (QED) is 0.170. The molecule has 2 aliphatic rings. The Bertz CT molecular complexity index is 2680. The van der Waals surface area contributed by atoms with E-state index in [4.69, 9.17) is 0 Å². The summed E-state index contributed by atoms with van der Waals surface area (Å²) in [5, 5.41) is 2.53. The largest absolute Gasteiger partial charge is 0.311 e. The highest BCUT2D eigenvalue weighted by Crippen LogP contribution is 2.54. The molecule has 0 bridgehead atoms. The maximum atomic E-state index is 2.53. The van der Waals surface area contributed by atoms with Gasteiger partial charge in [-0.3, -0.25) is 0 Å². The molecule has 1 heterocycles. The van der Waals surface area contributed by atoms with Crippen molar-refractivity contribution in [3.63, 3.8) is 0 Å². The van der Waals surface area contributed by atoms with Crippen molar-refractivity contribution in [2.24, 2.45) is 5.92 Å². The van der Waals surface area contributed by atoms with Crippen LogP contribution in [0.4, 0.5) is 11.4 Å². The van der Waals surface area contributed by atoms with Crippen molar-refractivity contribution in [2.75, 3.05) is 4.90 Å². The van der Waals surface area contributed by atoms with E-state index in [1.165, 1.54) is 66.6 Å². The Labute approximate surface area is 311 Å². The predicted molar refractivity (Wildman–Crippen MR) is 223 cm³/mol. The van der Waals surface area contributed by atoms with Crippen molar-refractivity contribution < 1.29 is 0 Å². The van der Waals surface area contributed by atoms with E-state index >= 15 is 0 Å². The summed E-state index contributed by atoms with van der Waals surface area (Å²) >= 11 is 0. The number of fused-ring (bicyclic) bond motifs is 6. The van der Waals surface area contributed by atoms with Crippen LogP contribution in [-0.2, 0) is 5.41 Å². The van der Waals surface area contributed by atoms with Gasteiger partial charge in [0.25, 0.3) is 0 Å². The van der Waals surface area contributed by atoms with E-state index in [9.17, 15) is 0 Å². The lowest BCUT2D eigenvalue weighted by Crippen LogP contribution is -2.28. The molecule has 2 nitrogen and oxygen atoms in total. The van der Waals surface area contributed by atoms with E-state index in [0.29, 0.717) is 11.8 Å². The fourth-order valence-electron chi connectivity index (χ4n) is 9.01. The normalized spacial score (nSPS) is 17.1. The predicted octanol–water partition coefficient (Wildman–Crippen LogP) is 13.4. The van der Waals surface area contributed by atoms with Gasteiger partial charge in [-0.05, 0) is 105 Å². The van der Waals surface area contributed by atoms with Gasteiger partial charge in [-0.25, -0.2) is 0 Å².